The van der Waals surface area contributed by atoms with E-state index in [-0.39, 0.29) is 35.6 Å². The number of rotatable bonds is 5. The van der Waals surface area contributed by atoms with Crippen LogP contribution in [0.15, 0.2) is 18.3 Å². The standard InChI is InChI=1S/C22H29N5O4S.Na.H/c1-26-11-8-20(24-26)27(17-9-12-31-13-10-17)32(29,30)25-22(28)23-21-18-6-2-4-15(18)14-16-5-3-7-19(16)21;;/h8,11,14,17H,2-7,9-10,12-13H2,1H3,(H2,23,25,28);;. The number of nitrogens with one attached hydrogen (secondary N) is 2. The Balaban J connectivity index is 0.00000259. The molecule has 0 radical (unpaired) electrons. The first kappa shape index (κ1) is 24.5. The van der Waals surface area contributed by atoms with E-state index in [1.807, 2.05) is 0 Å². The van der Waals surface area contributed by atoms with E-state index in [4.69, 9.17) is 4.74 Å². The molecule has 1 fully saturated rings. The van der Waals surface area contributed by atoms with E-state index in [0.717, 1.165) is 55.3 Å². The van der Waals surface area contributed by atoms with Gasteiger partial charge in [0.15, 0.2) is 5.82 Å². The van der Waals surface area contributed by atoms with E-state index in [1.165, 1.54) is 15.4 Å². The molecule has 3 aliphatic rings. The van der Waals surface area contributed by atoms with Crippen molar-refractivity contribution < 1.29 is 17.9 Å². The number of hydrogen-bond acceptors (Lipinski definition) is 5. The van der Waals surface area contributed by atoms with Gasteiger partial charge in [-0.1, -0.05) is 6.07 Å². The molecule has 2 amide bonds. The number of benzene rings is 1. The summed E-state index contributed by atoms with van der Waals surface area (Å²) in [5, 5.41) is 7.20. The van der Waals surface area contributed by atoms with Gasteiger partial charge in [-0.3, -0.25) is 4.68 Å². The number of urea groups is 1. The van der Waals surface area contributed by atoms with Crippen molar-refractivity contribution in [3.8, 4) is 0 Å². The summed E-state index contributed by atoms with van der Waals surface area (Å²) in [6, 6.07) is 2.86. The summed E-state index contributed by atoms with van der Waals surface area (Å²) < 4.78 is 37.2. The Hall–Kier alpha value is -1.59. The Morgan fingerprint density at radius 1 is 1.12 bits per heavy atom. The fourth-order valence-corrected chi connectivity index (χ4v) is 6.55. The summed E-state index contributed by atoms with van der Waals surface area (Å²) in [5.41, 5.74) is 5.69. The van der Waals surface area contributed by atoms with Crippen molar-refractivity contribution in [1.29, 1.82) is 0 Å². The fourth-order valence-electron chi connectivity index (χ4n) is 5.22. The third-order valence-corrected chi connectivity index (χ3v) is 8.09. The first-order valence-electron chi connectivity index (χ1n) is 11.3. The van der Waals surface area contributed by atoms with Crippen molar-refractivity contribution in [3.05, 3.63) is 40.6 Å². The van der Waals surface area contributed by atoms with Gasteiger partial charge in [-0.05, 0) is 73.6 Å². The molecule has 0 unspecified atom stereocenters. The van der Waals surface area contributed by atoms with Gasteiger partial charge < -0.3 is 10.1 Å². The van der Waals surface area contributed by atoms with Crippen molar-refractivity contribution in [2.24, 2.45) is 7.05 Å². The Bertz CT molecular complexity index is 1110. The quantitative estimate of drug-likeness (QED) is 0.631. The van der Waals surface area contributed by atoms with Crippen LogP contribution in [0.5, 0.6) is 0 Å². The zero-order valence-corrected chi connectivity index (χ0v) is 19.1. The zero-order chi connectivity index (χ0) is 22.3. The van der Waals surface area contributed by atoms with Gasteiger partial charge in [0.2, 0.25) is 0 Å². The Labute approximate surface area is 216 Å². The van der Waals surface area contributed by atoms with Gasteiger partial charge in [-0.25, -0.2) is 13.8 Å². The zero-order valence-electron chi connectivity index (χ0n) is 18.3. The number of carbonyl (C=O) groups is 1. The van der Waals surface area contributed by atoms with Crippen molar-refractivity contribution in [3.63, 3.8) is 0 Å². The molecule has 2 heterocycles. The summed E-state index contributed by atoms with van der Waals surface area (Å²) in [7, 11) is -2.44. The second-order valence-corrected chi connectivity index (χ2v) is 10.3. The van der Waals surface area contributed by atoms with Crippen LogP contribution in [0.2, 0.25) is 0 Å². The summed E-state index contributed by atoms with van der Waals surface area (Å²) in [4.78, 5) is 13.0. The number of carbonyl (C=O) groups excluding carboxylic acids is 1. The molecule has 2 aliphatic carbocycles. The molecular formula is C22H30N5NaO4S. The molecule has 0 saturated carbocycles. The SMILES string of the molecule is Cn1ccc(N(C2CCOCC2)S(=O)(=O)NC(=O)Nc2c3c(cc4c2CCC4)CCC3)n1.[NaH]. The molecule has 33 heavy (non-hydrogen) atoms. The van der Waals surface area contributed by atoms with E-state index in [0.29, 0.717) is 31.9 Å². The van der Waals surface area contributed by atoms with Crippen molar-refractivity contribution >= 4 is 57.3 Å². The Kier molecular flexibility index (Phi) is 7.40. The molecule has 2 N–H and O–H groups in total. The summed E-state index contributed by atoms with van der Waals surface area (Å²) >= 11 is 0. The van der Waals surface area contributed by atoms with Crippen LogP contribution in [0.1, 0.15) is 47.9 Å². The minimum atomic E-state index is -4.17. The molecule has 1 aromatic carbocycles. The molecule has 5 rings (SSSR count). The number of hydrogen-bond donors (Lipinski definition) is 2. The van der Waals surface area contributed by atoms with Gasteiger partial charge in [-0.15, -0.1) is 0 Å². The number of ether oxygens (including phenoxy) is 1. The Morgan fingerprint density at radius 3 is 2.33 bits per heavy atom. The van der Waals surface area contributed by atoms with Crippen LogP contribution in [-0.4, -0.2) is 73.0 Å². The minimum absolute atomic E-state index is 0. The molecule has 0 bridgehead atoms. The fraction of sp³-hybridized carbons (Fsp3) is 0.545. The van der Waals surface area contributed by atoms with E-state index in [1.54, 1.807) is 24.0 Å². The summed E-state index contributed by atoms with van der Waals surface area (Å²) in [5.74, 6) is 0.293. The van der Waals surface area contributed by atoms with E-state index in [2.05, 4.69) is 21.2 Å². The first-order valence-corrected chi connectivity index (χ1v) is 12.7. The van der Waals surface area contributed by atoms with Crippen molar-refractivity contribution in [2.75, 3.05) is 22.8 Å². The summed E-state index contributed by atoms with van der Waals surface area (Å²) in [6.07, 6.45) is 8.72. The number of aryl methyl sites for hydroxylation is 3. The number of nitrogens with zero attached hydrogens (tertiary/aromatic N) is 3. The maximum atomic E-state index is 13.4. The third kappa shape index (κ3) is 4.95. The monoisotopic (exact) mass is 483 g/mol. The van der Waals surface area contributed by atoms with Crippen LogP contribution in [0.3, 0.4) is 0 Å². The van der Waals surface area contributed by atoms with Crippen LogP contribution in [-0.2, 0) is 47.7 Å². The predicted octanol–water partition coefficient (Wildman–Crippen LogP) is 1.80. The van der Waals surface area contributed by atoms with Gasteiger partial charge in [0.05, 0.1) is 6.04 Å². The van der Waals surface area contributed by atoms with Crippen LogP contribution >= 0.6 is 0 Å². The molecule has 11 heteroatoms. The molecule has 9 nitrogen and oxygen atoms in total. The topological polar surface area (TPSA) is 106 Å². The average molecular weight is 484 g/mol. The van der Waals surface area contributed by atoms with Crippen molar-refractivity contribution in [2.45, 2.75) is 57.4 Å². The average Bonchev–Trinajstić information content (AvgIpc) is 3.49. The first-order chi connectivity index (χ1) is 15.4. The third-order valence-electron chi connectivity index (χ3n) is 6.64. The predicted molar refractivity (Wildman–Crippen MR) is 128 cm³/mol. The normalized spacial score (nSPS) is 17.7. The van der Waals surface area contributed by atoms with Gasteiger partial charge in [0.1, 0.15) is 0 Å². The molecule has 1 saturated heterocycles. The van der Waals surface area contributed by atoms with Crippen LogP contribution in [0.25, 0.3) is 0 Å². The molecule has 1 aromatic heterocycles. The maximum absolute atomic E-state index is 13.4. The van der Waals surface area contributed by atoms with Crippen LogP contribution < -0.4 is 14.3 Å². The molecule has 174 valence electrons. The van der Waals surface area contributed by atoms with Gasteiger partial charge >= 0.3 is 45.8 Å². The van der Waals surface area contributed by atoms with E-state index >= 15 is 0 Å². The molecule has 1 aliphatic heterocycles. The number of fused-ring (bicyclic) bond motifs is 2. The Morgan fingerprint density at radius 2 is 1.76 bits per heavy atom. The van der Waals surface area contributed by atoms with Crippen LogP contribution in [0.4, 0.5) is 16.3 Å². The second-order valence-electron chi connectivity index (χ2n) is 8.78. The summed E-state index contributed by atoms with van der Waals surface area (Å²) in [6.45, 7) is 0.940. The van der Waals surface area contributed by atoms with Gasteiger partial charge in [-0.2, -0.15) is 13.5 Å². The van der Waals surface area contributed by atoms with Crippen molar-refractivity contribution in [1.82, 2.24) is 14.5 Å². The second kappa shape index (κ2) is 9.95. The number of anilines is 2. The number of amides is 2. The van der Waals surface area contributed by atoms with E-state index in [9.17, 15) is 13.2 Å². The molecule has 0 atom stereocenters. The van der Waals surface area contributed by atoms with Crippen LogP contribution in [0, 0.1) is 0 Å². The van der Waals surface area contributed by atoms with Gasteiger partial charge in [0, 0.05) is 38.2 Å². The molecule has 0 spiro atoms. The molecule has 2 aromatic rings. The van der Waals surface area contributed by atoms with E-state index < -0.39 is 16.2 Å². The van der Waals surface area contributed by atoms with Gasteiger partial charge in [0.25, 0.3) is 0 Å². The molecular weight excluding hydrogens is 453 g/mol. The number of aromatic nitrogens is 2.